The lowest BCUT2D eigenvalue weighted by Crippen LogP contribution is -2.24. The molecule has 3 heterocycles. The summed E-state index contributed by atoms with van der Waals surface area (Å²) in [4.78, 5) is 15.0. The van der Waals surface area contributed by atoms with Crippen LogP contribution in [0.3, 0.4) is 0 Å². The number of pyridine rings is 1. The van der Waals surface area contributed by atoms with E-state index in [0.29, 0.717) is 28.4 Å². The predicted octanol–water partition coefficient (Wildman–Crippen LogP) is 4.41. The highest BCUT2D eigenvalue weighted by Crippen LogP contribution is 2.25. The molecule has 0 saturated carbocycles. The molecule has 0 amide bonds. The summed E-state index contributed by atoms with van der Waals surface area (Å²) in [6.45, 7) is 2.93. The minimum absolute atomic E-state index is 0.0562. The average Bonchev–Trinajstić information content (AvgIpc) is 3.17. The molecule has 8 heteroatoms. The van der Waals surface area contributed by atoms with E-state index in [1.165, 1.54) is 0 Å². The average molecular weight is 431 g/mol. The number of ether oxygens (including phenoxy) is 2. The van der Waals surface area contributed by atoms with Crippen molar-refractivity contribution in [3.63, 3.8) is 0 Å². The first-order valence-electron chi connectivity index (χ1n) is 9.32. The van der Waals surface area contributed by atoms with Gasteiger partial charge in [0, 0.05) is 37.6 Å². The molecule has 0 spiro atoms. The van der Waals surface area contributed by atoms with E-state index in [2.05, 4.69) is 19.9 Å². The van der Waals surface area contributed by atoms with Gasteiger partial charge in [0.1, 0.15) is 12.7 Å². The molecule has 0 bridgehead atoms. The number of hydrogen-bond donors (Lipinski definition) is 0. The van der Waals surface area contributed by atoms with Gasteiger partial charge in [0.25, 0.3) is 0 Å². The maximum Gasteiger partial charge on any atom is 0.235 e. The van der Waals surface area contributed by atoms with Crippen LogP contribution in [0.1, 0.15) is 17.5 Å². The summed E-state index contributed by atoms with van der Waals surface area (Å²) in [6, 6.07) is 9.55. The molecule has 1 aliphatic heterocycles. The molecule has 0 aliphatic carbocycles. The van der Waals surface area contributed by atoms with E-state index in [1.807, 2.05) is 30.3 Å². The van der Waals surface area contributed by atoms with Crippen LogP contribution in [0, 0.1) is 0 Å². The minimum atomic E-state index is 0.0562. The highest BCUT2D eigenvalue weighted by molar-refractivity contribution is 6.42. The summed E-state index contributed by atoms with van der Waals surface area (Å²) >= 11 is 12.1. The van der Waals surface area contributed by atoms with Gasteiger partial charge >= 0.3 is 0 Å². The summed E-state index contributed by atoms with van der Waals surface area (Å²) in [5.41, 5.74) is 2.10. The third kappa shape index (κ3) is 5.56. The monoisotopic (exact) mass is 430 g/mol. The molecular formula is C21H20Cl2N4O2. The maximum atomic E-state index is 6.11. The number of rotatable bonds is 7. The fourth-order valence-electron chi connectivity index (χ4n) is 3.20. The van der Waals surface area contributed by atoms with Gasteiger partial charge in [0.05, 0.1) is 22.4 Å². The van der Waals surface area contributed by atoms with Crippen LogP contribution < -0.4 is 9.47 Å². The van der Waals surface area contributed by atoms with Crippen LogP contribution >= 0.6 is 23.2 Å². The van der Waals surface area contributed by atoms with Crippen LogP contribution in [0.25, 0.3) is 0 Å². The van der Waals surface area contributed by atoms with E-state index < -0.39 is 0 Å². The Morgan fingerprint density at radius 2 is 1.90 bits per heavy atom. The lowest BCUT2D eigenvalue weighted by atomic mass is 10.2. The SMILES string of the molecule is Clc1ccc(CN2CCC(Oc3cncc(OCc4cccnc4)n3)C2)cc1Cl. The Labute approximate surface area is 179 Å². The zero-order valence-electron chi connectivity index (χ0n) is 15.7. The molecule has 1 saturated heterocycles. The number of hydrogen-bond acceptors (Lipinski definition) is 6. The molecule has 29 heavy (non-hydrogen) atoms. The molecule has 0 radical (unpaired) electrons. The highest BCUT2D eigenvalue weighted by Gasteiger charge is 2.24. The Morgan fingerprint density at radius 1 is 1.00 bits per heavy atom. The molecule has 1 aromatic carbocycles. The molecular weight excluding hydrogens is 411 g/mol. The zero-order valence-corrected chi connectivity index (χ0v) is 17.2. The van der Waals surface area contributed by atoms with Gasteiger partial charge in [-0.05, 0) is 30.2 Å². The summed E-state index contributed by atoms with van der Waals surface area (Å²) in [7, 11) is 0. The molecule has 0 N–H and O–H groups in total. The van der Waals surface area contributed by atoms with Crippen molar-refractivity contribution in [2.45, 2.75) is 25.7 Å². The minimum Gasteiger partial charge on any atom is -0.472 e. The fraction of sp³-hybridized carbons (Fsp3) is 0.286. The summed E-state index contributed by atoms with van der Waals surface area (Å²) in [5.74, 6) is 0.895. The standard InChI is InChI=1S/C21H20Cl2N4O2/c22-18-4-3-15(8-19(18)23)12-27-7-5-17(13-27)29-21-11-25-10-20(26-21)28-14-16-2-1-6-24-9-16/h1-4,6,8-11,17H,5,7,12-14H2. The van der Waals surface area contributed by atoms with Gasteiger partial charge in [0.15, 0.2) is 0 Å². The second-order valence-electron chi connectivity index (χ2n) is 6.86. The van der Waals surface area contributed by atoms with E-state index in [0.717, 1.165) is 37.2 Å². The summed E-state index contributed by atoms with van der Waals surface area (Å²) in [5, 5.41) is 1.15. The van der Waals surface area contributed by atoms with E-state index in [4.69, 9.17) is 32.7 Å². The van der Waals surface area contributed by atoms with Crippen molar-refractivity contribution in [3.05, 3.63) is 76.3 Å². The second-order valence-corrected chi connectivity index (χ2v) is 7.67. The number of aromatic nitrogens is 3. The van der Waals surface area contributed by atoms with Crippen LogP contribution in [0.5, 0.6) is 11.8 Å². The molecule has 3 aromatic rings. The lowest BCUT2D eigenvalue weighted by molar-refractivity contribution is 0.186. The number of halogens is 2. The molecule has 6 nitrogen and oxygen atoms in total. The molecule has 4 rings (SSSR count). The van der Waals surface area contributed by atoms with Crippen molar-refractivity contribution in [1.82, 2.24) is 19.9 Å². The van der Waals surface area contributed by atoms with Crippen LogP contribution in [-0.2, 0) is 13.2 Å². The van der Waals surface area contributed by atoms with Gasteiger partial charge < -0.3 is 9.47 Å². The third-order valence-electron chi connectivity index (χ3n) is 4.61. The number of nitrogens with zero attached hydrogens (tertiary/aromatic N) is 4. The first kappa shape index (κ1) is 19.9. The molecule has 1 aliphatic rings. The molecule has 1 fully saturated rings. The van der Waals surface area contributed by atoms with E-state index in [9.17, 15) is 0 Å². The topological polar surface area (TPSA) is 60.4 Å². The van der Waals surface area contributed by atoms with E-state index >= 15 is 0 Å². The van der Waals surface area contributed by atoms with Crippen molar-refractivity contribution in [2.24, 2.45) is 0 Å². The number of benzene rings is 1. The zero-order chi connectivity index (χ0) is 20.1. The van der Waals surface area contributed by atoms with E-state index in [1.54, 1.807) is 24.8 Å². The first-order valence-corrected chi connectivity index (χ1v) is 10.1. The second kappa shape index (κ2) is 9.39. The summed E-state index contributed by atoms with van der Waals surface area (Å²) < 4.78 is 11.7. The Hall–Kier alpha value is -2.41. The van der Waals surface area contributed by atoms with Gasteiger partial charge in [-0.2, -0.15) is 4.98 Å². The van der Waals surface area contributed by atoms with E-state index in [-0.39, 0.29) is 6.10 Å². The Kier molecular flexibility index (Phi) is 6.44. The van der Waals surface area contributed by atoms with Crippen molar-refractivity contribution < 1.29 is 9.47 Å². The lowest BCUT2D eigenvalue weighted by Gasteiger charge is -2.17. The van der Waals surface area contributed by atoms with Crippen molar-refractivity contribution in [1.29, 1.82) is 0 Å². The Balaban J connectivity index is 1.30. The summed E-state index contributed by atoms with van der Waals surface area (Å²) in [6.07, 6.45) is 7.65. The van der Waals surface area contributed by atoms with Gasteiger partial charge in [0.2, 0.25) is 11.8 Å². The van der Waals surface area contributed by atoms with Crippen LogP contribution in [0.2, 0.25) is 10.0 Å². The highest BCUT2D eigenvalue weighted by atomic mass is 35.5. The predicted molar refractivity (Wildman–Crippen MR) is 111 cm³/mol. The Bertz CT molecular complexity index is 958. The molecule has 1 atom stereocenters. The van der Waals surface area contributed by atoms with Crippen LogP contribution in [0.15, 0.2) is 55.1 Å². The maximum absolute atomic E-state index is 6.11. The van der Waals surface area contributed by atoms with Gasteiger partial charge in [-0.15, -0.1) is 0 Å². The molecule has 150 valence electrons. The molecule has 2 aromatic heterocycles. The van der Waals surface area contributed by atoms with Crippen molar-refractivity contribution in [3.8, 4) is 11.8 Å². The van der Waals surface area contributed by atoms with Gasteiger partial charge in [-0.3, -0.25) is 14.9 Å². The third-order valence-corrected chi connectivity index (χ3v) is 5.35. The van der Waals surface area contributed by atoms with Gasteiger partial charge in [-0.25, -0.2) is 0 Å². The smallest absolute Gasteiger partial charge is 0.235 e. The number of likely N-dealkylation sites (tertiary alicyclic amines) is 1. The van der Waals surface area contributed by atoms with Crippen molar-refractivity contribution in [2.75, 3.05) is 13.1 Å². The fourth-order valence-corrected chi connectivity index (χ4v) is 3.52. The normalized spacial score (nSPS) is 16.7. The van der Waals surface area contributed by atoms with Crippen LogP contribution in [0.4, 0.5) is 0 Å². The first-order chi connectivity index (χ1) is 14.2. The van der Waals surface area contributed by atoms with Crippen molar-refractivity contribution >= 4 is 23.2 Å². The van der Waals surface area contributed by atoms with Gasteiger partial charge in [-0.1, -0.05) is 35.3 Å². The largest absolute Gasteiger partial charge is 0.472 e. The Morgan fingerprint density at radius 3 is 2.72 bits per heavy atom. The molecule has 1 unspecified atom stereocenters. The van der Waals surface area contributed by atoms with Crippen LogP contribution in [-0.4, -0.2) is 39.0 Å². The quantitative estimate of drug-likeness (QED) is 0.553.